The van der Waals surface area contributed by atoms with Crippen LogP contribution in [0.3, 0.4) is 0 Å². The van der Waals surface area contributed by atoms with Gasteiger partial charge >= 0.3 is 0 Å². The minimum absolute atomic E-state index is 0.787. The van der Waals surface area contributed by atoms with Crippen molar-refractivity contribution in [3.05, 3.63) is 69.2 Å². The maximum atomic E-state index is 5.78. The molecule has 1 aromatic carbocycles. The van der Waals surface area contributed by atoms with Crippen LogP contribution in [0.2, 0.25) is 5.02 Å². The van der Waals surface area contributed by atoms with Crippen LogP contribution in [0.5, 0.6) is 0 Å². The van der Waals surface area contributed by atoms with E-state index in [4.69, 9.17) is 11.6 Å². The van der Waals surface area contributed by atoms with Crippen molar-refractivity contribution in [2.24, 2.45) is 0 Å². The number of hydrogen-bond acceptors (Lipinski definition) is 2. The highest BCUT2D eigenvalue weighted by Gasteiger charge is 1.96. The van der Waals surface area contributed by atoms with Crippen LogP contribution in [-0.4, -0.2) is 0 Å². The summed E-state index contributed by atoms with van der Waals surface area (Å²) in [4.78, 5) is 2.67. The summed E-state index contributed by atoms with van der Waals surface area (Å²) in [5, 5.41) is 4.94. The van der Waals surface area contributed by atoms with Gasteiger partial charge in [-0.05, 0) is 47.5 Å². The fraction of sp³-hybridized carbons (Fsp3) is 0.0667. The summed E-state index contributed by atoms with van der Waals surface area (Å²) >= 11 is 9.29. The van der Waals surface area contributed by atoms with E-state index in [1.54, 1.807) is 22.7 Å². The second-order valence-electron chi connectivity index (χ2n) is 3.71. The van der Waals surface area contributed by atoms with E-state index in [1.807, 2.05) is 24.3 Å². The third-order valence-corrected chi connectivity index (χ3v) is 4.29. The molecule has 0 unspecified atom stereocenters. The Morgan fingerprint density at radius 2 is 1.50 bits per heavy atom. The molecule has 0 bridgehead atoms. The molecule has 0 nitrogen and oxygen atoms in total. The first kappa shape index (κ1) is 13.3. The number of aryl methyl sites for hydroxylation is 1. The van der Waals surface area contributed by atoms with Crippen molar-refractivity contribution >= 4 is 34.3 Å². The number of thiophene rings is 2. The molecule has 0 aliphatic rings. The van der Waals surface area contributed by atoms with Gasteiger partial charge in [0.2, 0.25) is 0 Å². The van der Waals surface area contributed by atoms with Crippen LogP contribution < -0.4 is 0 Å². The third-order valence-electron chi connectivity index (χ3n) is 2.31. The molecule has 18 heavy (non-hydrogen) atoms. The molecule has 3 aromatic rings. The Hall–Kier alpha value is -1.09. The van der Waals surface area contributed by atoms with Gasteiger partial charge < -0.3 is 0 Å². The molecule has 92 valence electrons. The molecule has 0 atom stereocenters. The number of hydrogen-bond donors (Lipinski definition) is 0. The van der Waals surface area contributed by atoms with Crippen LogP contribution in [-0.2, 0) is 0 Å². The Kier molecular flexibility index (Phi) is 5.00. The van der Waals surface area contributed by atoms with Gasteiger partial charge in [0.1, 0.15) is 0 Å². The van der Waals surface area contributed by atoms with Crippen molar-refractivity contribution in [3.63, 3.8) is 0 Å². The monoisotopic (exact) mass is 292 g/mol. The highest BCUT2D eigenvalue weighted by Crippen LogP contribution is 2.25. The Balaban J connectivity index is 0.000000169. The van der Waals surface area contributed by atoms with Gasteiger partial charge in [-0.15, -0.1) is 22.7 Å². The molecular formula is C15H13ClS2. The van der Waals surface area contributed by atoms with Gasteiger partial charge in [-0.1, -0.05) is 35.9 Å². The molecule has 0 aliphatic carbocycles. The van der Waals surface area contributed by atoms with Gasteiger partial charge in [-0.2, -0.15) is 0 Å². The van der Waals surface area contributed by atoms with Crippen LogP contribution in [0.1, 0.15) is 4.88 Å². The fourth-order valence-corrected chi connectivity index (χ4v) is 2.81. The van der Waals surface area contributed by atoms with E-state index in [0.29, 0.717) is 0 Å². The van der Waals surface area contributed by atoms with E-state index in [2.05, 4.69) is 41.9 Å². The summed E-state index contributed by atoms with van der Waals surface area (Å²) in [5.41, 5.74) is 1.23. The molecule has 2 heterocycles. The van der Waals surface area contributed by atoms with Crippen LogP contribution in [0.15, 0.2) is 59.3 Å². The smallest absolute Gasteiger partial charge is 0.0406 e. The van der Waals surface area contributed by atoms with Gasteiger partial charge in [0.05, 0.1) is 0 Å². The first-order valence-electron chi connectivity index (χ1n) is 5.55. The standard InChI is InChI=1S/C10H7ClS.C5H6S/c11-9-5-3-8(4-6-9)10-2-1-7-12-10;1-5-3-2-4-6-5/h1-7H;2-4H,1H3. The topological polar surface area (TPSA) is 0 Å². The summed E-state index contributed by atoms with van der Waals surface area (Å²) in [5.74, 6) is 0. The van der Waals surface area contributed by atoms with Crippen molar-refractivity contribution in [1.29, 1.82) is 0 Å². The van der Waals surface area contributed by atoms with Crippen LogP contribution >= 0.6 is 34.3 Å². The van der Waals surface area contributed by atoms with Gasteiger partial charge in [0, 0.05) is 14.8 Å². The molecule has 0 amide bonds. The SMILES string of the molecule is Cc1cccs1.Clc1ccc(-c2cccs2)cc1. The van der Waals surface area contributed by atoms with Crippen molar-refractivity contribution in [3.8, 4) is 10.4 Å². The van der Waals surface area contributed by atoms with Gasteiger partial charge in [-0.3, -0.25) is 0 Å². The number of halogens is 1. The molecule has 3 heteroatoms. The zero-order valence-electron chi connectivity index (χ0n) is 9.97. The Morgan fingerprint density at radius 3 is 1.94 bits per heavy atom. The largest absolute Gasteiger partial charge is 0.149 e. The molecule has 0 spiro atoms. The van der Waals surface area contributed by atoms with Crippen molar-refractivity contribution in [2.75, 3.05) is 0 Å². The summed E-state index contributed by atoms with van der Waals surface area (Å²) < 4.78 is 0. The lowest BCUT2D eigenvalue weighted by atomic mass is 10.2. The highest BCUT2D eigenvalue weighted by molar-refractivity contribution is 7.13. The average Bonchev–Trinajstić information content (AvgIpc) is 3.03. The second-order valence-corrected chi connectivity index (χ2v) is 6.24. The first-order chi connectivity index (χ1) is 8.75. The molecule has 0 aliphatic heterocycles. The molecular weight excluding hydrogens is 280 g/mol. The zero-order chi connectivity index (χ0) is 12.8. The predicted octanol–water partition coefficient (Wildman–Crippen LogP) is 6.13. The van der Waals surface area contributed by atoms with E-state index in [9.17, 15) is 0 Å². The Labute approximate surface area is 121 Å². The fourth-order valence-electron chi connectivity index (χ4n) is 1.42. The van der Waals surface area contributed by atoms with Crippen LogP contribution in [0.25, 0.3) is 10.4 Å². The summed E-state index contributed by atoms with van der Waals surface area (Å²) in [6.45, 7) is 2.10. The molecule has 2 aromatic heterocycles. The van der Waals surface area contributed by atoms with E-state index in [0.717, 1.165) is 5.02 Å². The summed E-state index contributed by atoms with van der Waals surface area (Å²) in [6, 6.07) is 16.2. The Morgan fingerprint density at radius 1 is 0.833 bits per heavy atom. The molecule has 0 saturated heterocycles. The second kappa shape index (κ2) is 6.74. The molecule has 3 rings (SSSR count). The molecule has 0 saturated carbocycles. The minimum atomic E-state index is 0.787. The quantitative estimate of drug-likeness (QED) is 0.506. The van der Waals surface area contributed by atoms with Gasteiger partial charge in [0.25, 0.3) is 0 Å². The molecule has 0 radical (unpaired) electrons. The predicted molar refractivity (Wildman–Crippen MR) is 83.8 cm³/mol. The number of benzene rings is 1. The molecule has 0 N–H and O–H groups in total. The van der Waals surface area contributed by atoms with Crippen molar-refractivity contribution in [2.45, 2.75) is 6.92 Å². The van der Waals surface area contributed by atoms with E-state index < -0.39 is 0 Å². The van der Waals surface area contributed by atoms with Crippen LogP contribution in [0, 0.1) is 6.92 Å². The summed E-state index contributed by atoms with van der Waals surface area (Å²) in [6.07, 6.45) is 0. The normalized spacial score (nSPS) is 9.67. The minimum Gasteiger partial charge on any atom is -0.149 e. The third kappa shape index (κ3) is 3.98. The number of rotatable bonds is 1. The lowest BCUT2D eigenvalue weighted by Gasteiger charge is -1.95. The summed E-state index contributed by atoms with van der Waals surface area (Å²) in [7, 11) is 0. The van der Waals surface area contributed by atoms with E-state index >= 15 is 0 Å². The van der Waals surface area contributed by atoms with E-state index in [-0.39, 0.29) is 0 Å². The first-order valence-corrected chi connectivity index (χ1v) is 7.69. The van der Waals surface area contributed by atoms with Gasteiger partial charge in [0.15, 0.2) is 0 Å². The van der Waals surface area contributed by atoms with E-state index in [1.165, 1.54) is 15.3 Å². The van der Waals surface area contributed by atoms with Gasteiger partial charge in [-0.25, -0.2) is 0 Å². The molecule has 0 fully saturated rings. The van der Waals surface area contributed by atoms with Crippen molar-refractivity contribution in [1.82, 2.24) is 0 Å². The van der Waals surface area contributed by atoms with Crippen molar-refractivity contribution < 1.29 is 0 Å². The lowest BCUT2D eigenvalue weighted by Crippen LogP contribution is -1.69. The average molecular weight is 293 g/mol. The lowest BCUT2D eigenvalue weighted by molar-refractivity contribution is 1.64. The highest BCUT2D eigenvalue weighted by atomic mass is 35.5. The Bertz CT molecular complexity index is 551. The maximum Gasteiger partial charge on any atom is 0.0406 e. The zero-order valence-corrected chi connectivity index (χ0v) is 12.4. The maximum absolute atomic E-state index is 5.78. The van der Waals surface area contributed by atoms with Crippen LogP contribution in [0.4, 0.5) is 0 Å².